The van der Waals surface area contributed by atoms with E-state index in [4.69, 9.17) is 5.73 Å². The van der Waals surface area contributed by atoms with Crippen LogP contribution < -0.4 is 5.73 Å². The van der Waals surface area contributed by atoms with Crippen LogP contribution in [0.3, 0.4) is 0 Å². The van der Waals surface area contributed by atoms with Crippen molar-refractivity contribution >= 4 is 68.0 Å². The van der Waals surface area contributed by atoms with Crippen molar-refractivity contribution in [3.05, 3.63) is 154 Å². The molecule has 2 N–H and O–H groups in total. The standard InChI is InChI=1S/C74H94N4/c1-8-13-29-53-30-25-42-66-59(46-44-53)58-34-16-20-39-65(58)76(66)63-37-23-24-49-74(75,12-5)73(78-68-41-22-17-35-61(68)71(69(78)27-10-3)54(11-4)31-14-9-2)56-33-26-32-55(50-56)64(38-19-15-28-52(63)7)77-67-40-21-18-36-62(67)72-60-45-43-51(6)57(60)47-48-70(72)77/h10,16-18,20-22,25,27,30,34-42,47-48,51-52,54-55,57,60H,8-9,11-15,19,23-24,26,28-29,31-33,43-46,49-50,75H2,1-7H3/b27-10-,42-25-,53-30-,63-37-,64-38-,73-56+. The van der Waals surface area contributed by atoms with Gasteiger partial charge in [-0.2, -0.15) is 0 Å². The number of nitrogens with two attached hydrogens (primary N) is 1. The van der Waals surface area contributed by atoms with E-state index in [2.05, 4.69) is 190 Å². The molecule has 0 spiro atoms. The number of unbranched alkanes of at least 4 members (excludes halogenated alkanes) is 2. The summed E-state index contributed by atoms with van der Waals surface area (Å²) in [6.45, 7) is 16.7. The van der Waals surface area contributed by atoms with Crippen LogP contribution in [0.1, 0.15) is 229 Å². The monoisotopic (exact) mass is 1040 g/mol. The highest BCUT2D eigenvalue weighted by Gasteiger charge is 2.41. The van der Waals surface area contributed by atoms with Crippen molar-refractivity contribution in [1.82, 2.24) is 13.7 Å². The molecule has 7 atom stereocenters. The molecule has 3 aromatic carbocycles. The van der Waals surface area contributed by atoms with E-state index in [0.29, 0.717) is 29.6 Å². The molecule has 3 heterocycles. The molecule has 5 aliphatic rings. The predicted octanol–water partition coefficient (Wildman–Crippen LogP) is 21.1. The van der Waals surface area contributed by atoms with Crippen LogP contribution in [-0.2, 0) is 6.42 Å². The average Bonchev–Trinajstić information content (AvgIpc) is 4.39. The van der Waals surface area contributed by atoms with Crippen LogP contribution in [-0.4, -0.2) is 19.2 Å². The Labute approximate surface area is 470 Å². The second-order valence-corrected chi connectivity index (χ2v) is 24.9. The van der Waals surface area contributed by atoms with Crippen molar-refractivity contribution in [2.75, 3.05) is 0 Å². The Bertz CT molecular complexity index is 3340. The highest BCUT2D eigenvalue weighted by Crippen LogP contribution is 2.54. The number of fused-ring (bicyclic) bond motifs is 11. The summed E-state index contributed by atoms with van der Waals surface area (Å²) in [4.78, 5) is 0. The minimum Gasteiger partial charge on any atom is -0.320 e. The second-order valence-electron chi connectivity index (χ2n) is 24.9. The number of para-hydroxylation sites is 3. The van der Waals surface area contributed by atoms with Gasteiger partial charge in [-0.3, -0.25) is 0 Å². The summed E-state index contributed by atoms with van der Waals surface area (Å²) < 4.78 is 8.26. The van der Waals surface area contributed by atoms with Crippen LogP contribution in [0.2, 0.25) is 0 Å². The molecule has 5 aliphatic carbocycles. The third-order valence-corrected chi connectivity index (χ3v) is 20.1. The molecule has 2 bridgehead atoms. The topological polar surface area (TPSA) is 40.8 Å². The van der Waals surface area contributed by atoms with Crippen molar-refractivity contribution < 1.29 is 0 Å². The van der Waals surface area contributed by atoms with Crippen LogP contribution in [0.5, 0.6) is 0 Å². The van der Waals surface area contributed by atoms with Crippen molar-refractivity contribution in [3.8, 4) is 0 Å². The minimum atomic E-state index is -0.547. The van der Waals surface area contributed by atoms with Gasteiger partial charge in [-0.1, -0.05) is 157 Å². The van der Waals surface area contributed by atoms with Crippen molar-refractivity contribution in [2.45, 2.75) is 207 Å². The lowest BCUT2D eigenvalue weighted by atomic mass is 9.76. The van der Waals surface area contributed by atoms with Crippen LogP contribution >= 0.6 is 0 Å². The van der Waals surface area contributed by atoms with E-state index in [1.807, 2.05) is 0 Å². The summed E-state index contributed by atoms with van der Waals surface area (Å²) in [5, 5.41) is 4.30. The van der Waals surface area contributed by atoms with Gasteiger partial charge in [0.1, 0.15) is 0 Å². The van der Waals surface area contributed by atoms with Gasteiger partial charge in [-0.25, -0.2) is 0 Å². The normalized spacial score (nSPS) is 28.1. The molecule has 410 valence electrons. The average molecular weight is 1040 g/mol. The summed E-state index contributed by atoms with van der Waals surface area (Å²) in [6, 6.07) is 28.2. The molecule has 6 aromatic rings. The Hall–Kier alpha value is -5.58. The Kier molecular flexibility index (Phi) is 16.7. The first kappa shape index (κ1) is 54.4. The van der Waals surface area contributed by atoms with E-state index >= 15 is 0 Å². The molecule has 4 nitrogen and oxygen atoms in total. The lowest BCUT2D eigenvalue weighted by Gasteiger charge is -2.39. The molecule has 11 rings (SSSR count). The van der Waals surface area contributed by atoms with E-state index in [0.717, 1.165) is 83.0 Å². The SMILES string of the molecule is C/C=C\c1c(C(CC)CCCC)c2ccccc2n1/C1=C2\CCCC(C2)/C(n2c3c(c4ccccc42)C2CCC(C)C2C=C3)=C/CCCC(C)/C(n2c3c(c4ccccc42)CC/C(CCCC)=C\C=C/3)=C/CCCC1(N)CC. The summed E-state index contributed by atoms with van der Waals surface area (Å²) in [7, 11) is 0. The van der Waals surface area contributed by atoms with E-state index < -0.39 is 5.54 Å². The van der Waals surface area contributed by atoms with Crippen molar-refractivity contribution in [1.29, 1.82) is 0 Å². The fourth-order valence-corrected chi connectivity index (χ4v) is 16.0. The zero-order valence-electron chi connectivity index (χ0n) is 49.1. The molecule has 4 heteroatoms. The number of nitrogens with zero attached hydrogens (tertiary/aromatic N) is 3. The molecule has 0 saturated heterocycles. The van der Waals surface area contributed by atoms with E-state index in [1.165, 1.54) is 142 Å². The third-order valence-electron chi connectivity index (χ3n) is 20.1. The van der Waals surface area contributed by atoms with Crippen LogP contribution in [0.25, 0.3) is 68.0 Å². The van der Waals surface area contributed by atoms with Gasteiger partial charge < -0.3 is 19.4 Å². The molecule has 2 saturated carbocycles. The van der Waals surface area contributed by atoms with Gasteiger partial charge in [0.2, 0.25) is 0 Å². The maximum absolute atomic E-state index is 8.41. The summed E-state index contributed by atoms with van der Waals surface area (Å²) in [5.74, 6) is 3.15. The number of hydrogen-bond acceptors (Lipinski definition) is 1. The third kappa shape index (κ3) is 10.1. The van der Waals surface area contributed by atoms with Gasteiger partial charge in [0.05, 0.1) is 22.1 Å². The number of aromatic nitrogens is 3. The Balaban J connectivity index is 1.11. The molecule has 3 aromatic heterocycles. The molecular formula is C74H94N4. The van der Waals surface area contributed by atoms with Crippen molar-refractivity contribution in [2.24, 2.45) is 29.4 Å². The summed E-state index contributed by atoms with van der Waals surface area (Å²) in [5.41, 5.74) is 28.4. The first-order chi connectivity index (χ1) is 38.2. The number of benzene rings is 3. The molecule has 2 fully saturated rings. The first-order valence-corrected chi connectivity index (χ1v) is 31.7. The highest BCUT2D eigenvalue weighted by atomic mass is 15.1. The maximum atomic E-state index is 8.41. The fraction of sp³-hybridized carbons (Fsp3) is 0.486. The molecule has 7 unspecified atom stereocenters. The Morgan fingerprint density at radius 1 is 0.705 bits per heavy atom. The van der Waals surface area contributed by atoms with Crippen LogP contribution in [0, 0.1) is 23.7 Å². The zero-order chi connectivity index (χ0) is 53.9. The lowest BCUT2D eigenvalue weighted by molar-refractivity contribution is 0.437. The second kappa shape index (κ2) is 24.0. The smallest absolute Gasteiger partial charge is 0.0564 e. The van der Waals surface area contributed by atoms with Crippen LogP contribution in [0.4, 0.5) is 0 Å². The van der Waals surface area contributed by atoms with Gasteiger partial charge in [-0.05, 0) is 217 Å². The zero-order valence-corrected chi connectivity index (χ0v) is 49.1. The van der Waals surface area contributed by atoms with E-state index in [9.17, 15) is 0 Å². The molecule has 78 heavy (non-hydrogen) atoms. The molecule has 0 amide bonds. The van der Waals surface area contributed by atoms with Gasteiger partial charge >= 0.3 is 0 Å². The molecular weight excluding hydrogens is 945 g/mol. The highest BCUT2D eigenvalue weighted by molar-refractivity contribution is 5.95. The first-order valence-electron chi connectivity index (χ1n) is 31.7. The quantitative estimate of drug-likeness (QED) is 0.123. The van der Waals surface area contributed by atoms with E-state index in [-0.39, 0.29) is 0 Å². The van der Waals surface area contributed by atoms with E-state index in [1.54, 1.807) is 16.7 Å². The van der Waals surface area contributed by atoms with Crippen molar-refractivity contribution in [3.63, 3.8) is 0 Å². The summed E-state index contributed by atoms with van der Waals surface area (Å²) in [6.07, 6.45) is 47.5. The maximum Gasteiger partial charge on any atom is 0.0564 e. The fourth-order valence-electron chi connectivity index (χ4n) is 16.0. The van der Waals surface area contributed by atoms with Gasteiger partial charge in [-0.15, -0.1) is 0 Å². The molecule has 0 aliphatic heterocycles. The van der Waals surface area contributed by atoms with Gasteiger partial charge in [0.15, 0.2) is 0 Å². The number of aryl methyl sites for hydroxylation is 1. The number of hydrogen-bond donors (Lipinski definition) is 1. The largest absolute Gasteiger partial charge is 0.320 e. The number of allylic oxidation sites excluding steroid dienone is 10. The summed E-state index contributed by atoms with van der Waals surface area (Å²) >= 11 is 0. The predicted molar refractivity (Wildman–Crippen MR) is 340 cm³/mol. The lowest BCUT2D eigenvalue weighted by Crippen LogP contribution is -2.43. The van der Waals surface area contributed by atoms with Crippen LogP contribution in [0.15, 0.2) is 120 Å². The minimum absolute atomic E-state index is 0.367. The Morgan fingerprint density at radius 2 is 1.41 bits per heavy atom. The molecule has 0 radical (unpaired) electrons. The van der Waals surface area contributed by atoms with Gasteiger partial charge in [0.25, 0.3) is 0 Å². The van der Waals surface area contributed by atoms with Gasteiger partial charge in [0, 0.05) is 56.2 Å². The number of rotatable bonds is 13. The Morgan fingerprint density at radius 3 is 2.17 bits per heavy atom.